The Morgan fingerprint density at radius 1 is 1.00 bits per heavy atom. The van der Waals surface area contributed by atoms with Gasteiger partial charge in [-0.3, -0.25) is 14.4 Å². The lowest BCUT2D eigenvalue weighted by molar-refractivity contribution is -0.308. The molecule has 12 atom stereocenters. The van der Waals surface area contributed by atoms with Gasteiger partial charge in [0.1, 0.15) is 30.0 Å². The molecule has 0 unspecified atom stereocenters. The summed E-state index contributed by atoms with van der Waals surface area (Å²) in [5.41, 5.74) is 5.03. The van der Waals surface area contributed by atoms with E-state index in [1.165, 1.54) is 32.6 Å². The summed E-state index contributed by atoms with van der Waals surface area (Å²) in [5, 5.41) is 41.4. The van der Waals surface area contributed by atoms with Crippen LogP contribution in [0.15, 0.2) is 0 Å². The smallest absolute Gasteiger partial charge is 0.219 e. The van der Waals surface area contributed by atoms with Gasteiger partial charge in [0.2, 0.25) is 17.7 Å². The maximum absolute atomic E-state index is 12.1. The highest BCUT2D eigenvalue weighted by Gasteiger charge is 2.51. The van der Waals surface area contributed by atoms with Gasteiger partial charge < -0.3 is 77.8 Å². The van der Waals surface area contributed by atoms with Crippen LogP contribution in [-0.2, 0) is 33.3 Å². The maximum Gasteiger partial charge on any atom is 0.219 e. The first kappa shape index (κ1) is 36.7. The van der Waals surface area contributed by atoms with Gasteiger partial charge in [0.15, 0.2) is 12.6 Å². The number of nitrogens with one attached hydrogen (secondary N) is 3. The lowest BCUT2D eigenvalue weighted by atomic mass is 9.83. The predicted molar refractivity (Wildman–Crippen MR) is 144 cm³/mol. The second kappa shape index (κ2) is 15.5. The van der Waals surface area contributed by atoms with Crippen LogP contribution < -0.4 is 38.7 Å². The third kappa shape index (κ3) is 9.03. The van der Waals surface area contributed by atoms with E-state index in [2.05, 4.69) is 16.0 Å². The van der Waals surface area contributed by atoms with E-state index in [1.807, 2.05) is 0 Å². The molecule has 8 N–H and O–H groups in total. The summed E-state index contributed by atoms with van der Waals surface area (Å²) in [7, 11) is 3.24. The van der Waals surface area contributed by atoms with Crippen molar-refractivity contribution >= 4 is 17.7 Å². The summed E-state index contributed by atoms with van der Waals surface area (Å²) in [6.07, 6.45) is -6.34. The molecule has 0 aromatic rings. The Labute approximate surface area is 256 Å². The molecule has 3 fully saturated rings. The SMILES string of the molecule is CN[C@@H]1[C@@H](O)[C@@H](O[C@@H]2[C@@H](O)[C@H](O[C@H]3O[C@H](CN(C)C(C)=O)CC[C@H]3NC(C)=O)[C@@H](NC(C)=O)C[C@H]2N)OC[C@]1(C)O.[Br-]. The van der Waals surface area contributed by atoms with Gasteiger partial charge in [-0.15, -0.1) is 0 Å². The van der Waals surface area contributed by atoms with Crippen molar-refractivity contribution in [1.82, 2.24) is 20.9 Å². The molecule has 0 bridgehead atoms. The molecule has 3 amide bonds. The molecule has 16 heteroatoms. The number of aliphatic hydroxyl groups is 3. The summed E-state index contributed by atoms with van der Waals surface area (Å²) in [6, 6.07) is -2.87. The number of halogens is 1. The second-order valence-electron chi connectivity index (χ2n) is 11.6. The van der Waals surface area contributed by atoms with Gasteiger partial charge in [0.05, 0.1) is 30.8 Å². The van der Waals surface area contributed by atoms with E-state index in [-0.39, 0.29) is 47.7 Å². The van der Waals surface area contributed by atoms with Crippen LogP contribution in [-0.4, -0.2) is 138 Å². The molecule has 0 aromatic carbocycles. The number of nitrogens with zero attached hydrogens (tertiary/aromatic N) is 1. The molecule has 1 aliphatic carbocycles. The average molecular weight is 670 g/mol. The zero-order chi connectivity index (χ0) is 30.6. The number of carbonyl (C=O) groups is 3. The van der Waals surface area contributed by atoms with Crippen molar-refractivity contribution in [3.63, 3.8) is 0 Å². The largest absolute Gasteiger partial charge is 1.00 e. The zero-order valence-electron chi connectivity index (χ0n) is 25.0. The minimum Gasteiger partial charge on any atom is -1.00 e. The lowest BCUT2D eigenvalue weighted by Crippen LogP contribution is -3.00. The summed E-state index contributed by atoms with van der Waals surface area (Å²) < 4.78 is 24.1. The third-order valence-electron chi connectivity index (χ3n) is 7.99. The standard InChI is InChI=1S/C26H47N5O10.BrH/c1-12(32)29-17-8-7-15(10-31(6)14(3)34)39-24(17)41-22-18(30-13(2)33)9-16(27)21(19(22)35)40-25-20(36)23(28-5)26(4,37)11-38-25;/h15-25,28,35-37H,7-11,27H2,1-6H3,(H,29,32)(H,30,33);1H/p-1/t15-,16+,17+,18-,19+,20+,21-,22+,23+,24+,25+,26-;/m0./s1. The Morgan fingerprint density at radius 3 is 2.17 bits per heavy atom. The number of hydrogen-bond acceptors (Lipinski definition) is 12. The Morgan fingerprint density at radius 2 is 1.60 bits per heavy atom. The Bertz CT molecular complexity index is 932. The number of nitrogens with two attached hydrogens (primary N) is 1. The van der Waals surface area contributed by atoms with Gasteiger partial charge >= 0.3 is 0 Å². The zero-order valence-corrected chi connectivity index (χ0v) is 26.6. The maximum atomic E-state index is 12.1. The number of ether oxygens (including phenoxy) is 4. The fraction of sp³-hybridized carbons (Fsp3) is 0.885. The highest BCUT2D eigenvalue weighted by Crippen LogP contribution is 2.32. The van der Waals surface area contributed by atoms with Crippen LogP contribution in [0.3, 0.4) is 0 Å². The Balaban J connectivity index is 0.00000616. The Hall–Kier alpha value is -1.47. The first-order valence-electron chi connectivity index (χ1n) is 14.0. The van der Waals surface area contributed by atoms with E-state index < -0.39 is 72.9 Å². The first-order valence-corrected chi connectivity index (χ1v) is 14.0. The number of amides is 3. The lowest BCUT2D eigenvalue weighted by Gasteiger charge is -2.49. The van der Waals surface area contributed by atoms with Crippen molar-refractivity contribution in [1.29, 1.82) is 0 Å². The van der Waals surface area contributed by atoms with E-state index >= 15 is 0 Å². The van der Waals surface area contributed by atoms with Crippen molar-refractivity contribution < 1.29 is 65.6 Å². The molecule has 0 spiro atoms. The second-order valence-corrected chi connectivity index (χ2v) is 11.6. The topological polar surface area (TPSA) is 214 Å². The first-order chi connectivity index (χ1) is 19.1. The quantitative estimate of drug-likeness (QED) is 0.122. The average Bonchev–Trinajstić information content (AvgIpc) is 2.86. The fourth-order valence-electron chi connectivity index (χ4n) is 5.82. The Kier molecular flexibility index (Phi) is 13.6. The molecule has 15 nitrogen and oxygen atoms in total. The minimum atomic E-state index is -1.41. The molecule has 2 aliphatic heterocycles. The van der Waals surface area contributed by atoms with Gasteiger partial charge in [-0.2, -0.15) is 0 Å². The summed E-state index contributed by atoms with van der Waals surface area (Å²) in [4.78, 5) is 37.3. The van der Waals surface area contributed by atoms with Crippen LogP contribution in [0.1, 0.15) is 47.0 Å². The van der Waals surface area contributed by atoms with E-state index in [9.17, 15) is 29.7 Å². The fourth-order valence-corrected chi connectivity index (χ4v) is 5.82. The van der Waals surface area contributed by atoms with Crippen LogP contribution in [0.4, 0.5) is 0 Å². The van der Waals surface area contributed by atoms with E-state index in [4.69, 9.17) is 24.7 Å². The van der Waals surface area contributed by atoms with E-state index in [0.29, 0.717) is 19.4 Å². The highest BCUT2D eigenvalue weighted by atomic mass is 79.9. The molecular formula is C26H47BrN5O10-. The van der Waals surface area contributed by atoms with Crippen molar-refractivity contribution in [3.05, 3.63) is 0 Å². The molecule has 2 heterocycles. The van der Waals surface area contributed by atoms with Gasteiger partial charge in [0, 0.05) is 40.4 Å². The van der Waals surface area contributed by atoms with Gasteiger partial charge in [-0.1, -0.05) is 0 Å². The molecule has 0 aromatic heterocycles. The molecule has 3 aliphatic rings. The molecule has 3 rings (SSSR count). The van der Waals surface area contributed by atoms with Crippen molar-refractivity contribution in [2.75, 3.05) is 27.2 Å². The van der Waals surface area contributed by atoms with Gasteiger partial charge in [-0.05, 0) is 33.2 Å². The van der Waals surface area contributed by atoms with Crippen molar-refractivity contribution in [2.24, 2.45) is 5.73 Å². The van der Waals surface area contributed by atoms with Gasteiger partial charge in [-0.25, -0.2) is 0 Å². The van der Waals surface area contributed by atoms with Crippen LogP contribution in [0.25, 0.3) is 0 Å². The molecule has 42 heavy (non-hydrogen) atoms. The molecule has 1 saturated carbocycles. The summed E-state index contributed by atoms with van der Waals surface area (Å²) in [6.45, 7) is 5.83. The van der Waals surface area contributed by atoms with E-state index in [0.717, 1.165) is 0 Å². The van der Waals surface area contributed by atoms with Crippen LogP contribution in [0.5, 0.6) is 0 Å². The van der Waals surface area contributed by atoms with E-state index in [1.54, 1.807) is 14.1 Å². The molecule has 2 saturated heterocycles. The van der Waals surface area contributed by atoms with Gasteiger partial charge in [0.25, 0.3) is 0 Å². The number of carbonyl (C=O) groups excluding carboxylic acids is 3. The monoisotopic (exact) mass is 668 g/mol. The van der Waals surface area contributed by atoms with Crippen molar-refractivity contribution in [3.8, 4) is 0 Å². The number of aliphatic hydroxyl groups excluding tert-OH is 2. The van der Waals surface area contributed by atoms with Crippen LogP contribution >= 0.6 is 0 Å². The van der Waals surface area contributed by atoms with Crippen LogP contribution in [0, 0.1) is 0 Å². The highest BCUT2D eigenvalue weighted by molar-refractivity contribution is 5.74. The van der Waals surface area contributed by atoms with Crippen molar-refractivity contribution in [2.45, 2.75) is 120 Å². The molecular weight excluding hydrogens is 622 g/mol. The minimum absolute atomic E-state index is 0. The summed E-state index contributed by atoms with van der Waals surface area (Å²) >= 11 is 0. The molecule has 244 valence electrons. The summed E-state index contributed by atoms with van der Waals surface area (Å²) in [5.74, 6) is -0.793. The molecule has 0 radical (unpaired) electrons. The predicted octanol–water partition coefficient (Wildman–Crippen LogP) is -6.10. The number of rotatable bonds is 9. The number of likely N-dealkylation sites (N-methyl/N-ethyl adjacent to an activating group) is 2. The third-order valence-corrected chi connectivity index (χ3v) is 7.99. The van der Waals surface area contributed by atoms with Crippen LogP contribution in [0.2, 0.25) is 0 Å². The number of hydrogen-bond donors (Lipinski definition) is 7. The normalized spacial score (nSPS) is 40.4.